The molecule has 23 heavy (non-hydrogen) atoms. The van der Waals surface area contributed by atoms with E-state index in [0.29, 0.717) is 38.0 Å². The molecule has 1 amide bonds. The van der Waals surface area contributed by atoms with Gasteiger partial charge in [0, 0.05) is 24.9 Å². The molecule has 1 N–H and O–H groups in total. The largest absolute Gasteiger partial charge is 0.497 e. The first kappa shape index (κ1) is 16.0. The minimum absolute atomic E-state index is 0.0332. The van der Waals surface area contributed by atoms with E-state index in [1.807, 2.05) is 29.6 Å². The van der Waals surface area contributed by atoms with Gasteiger partial charge in [-0.25, -0.2) is 4.98 Å². The summed E-state index contributed by atoms with van der Waals surface area (Å²) >= 11 is 1.51. The van der Waals surface area contributed by atoms with E-state index in [0.717, 1.165) is 16.3 Å². The van der Waals surface area contributed by atoms with Crippen LogP contribution in [0.4, 0.5) is 0 Å². The predicted octanol–water partition coefficient (Wildman–Crippen LogP) is 2.34. The fourth-order valence-electron chi connectivity index (χ4n) is 2.64. The number of likely N-dealkylation sites (tertiary alicyclic amines) is 1. The van der Waals surface area contributed by atoms with E-state index >= 15 is 0 Å². The molecule has 122 valence electrons. The predicted molar refractivity (Wildman–Crippen MR) is 89.1 cm³/mol. The molecule has 0 radical (unpaired) electrons. The monoisotopic (exact) mass is 332 g/mol. The number of aliphatic hydroxyl groups excluding tert-OH is 1. The molecule has 1 fully saturated rings. The highest BCUT2D eigenvalue weighted by Gasteiger charge is 2.23. The van der Waals surface area contributed by atoms with Crippen molar-refractivity contribution in [2.75, 3.05) is 20.2 Å². The minimum Gasteiger partial charge on any atom is -0.497 e. The average Bonchev–Trinajstić information content (AvgIpc) is 3.04. The van der Waals surface area contributed by atoms with E-state index in [9.17, 15) is 9.90 Å². The van der Waals surface area contributed by atoms with Crippen LogP contribution in [0.2, 0.25) is 0 Å². The van der Waals surface area contributed by atoms with Gasteiger partial charge in [0.2, 0.25) is 0 Å². The minimum atomic E-state index is -0.278. The van der Waals surface area contributed by atoms with Gasteiger partial charge in [-0.1, -0.05) is 12.1 Å². The number of aliphatic hydroxyl groups is 1. The molecule has 0 saturated carbocycles. The third kappa shape index (κ3) is 3.89. The van der Waals surface area contributed by atoms with E-state index in [1.54, 1.807) is 12.0 Å². The molecule has 1 aromatic heterocycles. The Morgan fingerprint density at radius 1 is 1.35 bits per heavy atom. The number of hydrogen-bond donors (Lipinski definition) is 1. The molecule has 1 aromatic carbocycles. The molecule has 0 unspecified atom stereocenters. The third-order valence-electron chi connectivity index (χ3n) is 4.04. The van der Waals surface area contributed by atoms with Crippen molar-refractivity contribution in [3.05, 3.63) is 45.9 Å². The average molecular weight is 332 g/mol. The molecule has 0 bridgehead atoms. The van der Waals surface area contributed by atoms with Crippen molar-refractivity contribution >= 4 is 17.2 Å². The summed E-state index contributed by atoms with van der Waals surface area (Å²) in [5, 5.41) is 12.3. The van der Waals surface area contributed by atoms with E-state index in [4.69, 9.17) is 4.74 Å². The normalized spacial score (nSPS) is 15.7. The molecule has 0 aliphatic carbocycles. The highest BCUT2D eigenvalue weighted by molar-refractivity contribution is 7.09. The van der Waals surface area contributed by atoms with Crippen LogP contribution in [0.5, 0.6) is 5.75 Å². The Morgan fingerprint density at radius 3 is 2.70 bits per heavy atom. The fourth-order valence-corrected chi connectivity index (χ4v) is 3.44. The number of amides is 1. The second-order valence-corrected chi connectivity index (χ2v) is 6.62. The molecule has 3 rings (SSSR count). The van der Waals surface area contributed by atoms with Gasteiger partial charge in [0.1, 0.15) is 11.4 Å². The highest BCUT2D eigenvalue weighted by atomic mass is 32.1. The Bertz CT molecular complexity index is 661. The Balaban J connectivity index is 1.64. The van der Waals surface area contributed by atoms with Crippen LogP contribution in [0, 0.1) is 0 Å². The number of ether oxygens (including phenoxy) is 1. The topological polar surface area (TPSA) is 62.7 Å². The lowest BCUT2D eigenvalue weighted by Gasteiger charge is -2.28. The fraction of sp³-hybridized carbons (Fsp3) is 0.412. The number of piperidine rings is 1. The zero-order valence-electron chi connectivity index (χ0n) is 13.1. The SMILES string of the molecule is COc1ccc(Cc2nc(C(=O)N3CCC(O)CC3)cs2)cc1. The molecule has 0 spiro atoms. The van der Waals surface area contributed by atoms with Crippen LogP contribution in [0.1, 0.15) is 33.9 Å². The summed E-state index contributed by atoms with van der Waals surface area (Å²) in [6.45, 7) is 1.21. The van der Waals surface area contributed by atoms with Crippen LogP contribution in [0.15, 0.2) is 29.6 Å². The van der Waals surface area contributed by atoms with Crippen molar-refractivity contribution in [3.8, 4) is 5.75 Å². The number of methoxy groups -OCH3 is 1. The number of hydrogen-bond acceptors (Lipinski definition) is 5. The van der Waals surface area contributed by atoms with Gasteiger partial charge in [-0.05, 0) is 30.5 Å². The summed E-state index contributed by atoms with van der Waals surface area (Å²) in [5.74, 6) is 0.796. The van der Waals surface area contributed by atoms with Crippen molar-refractivity contribution in [2.24, 2.45) is 0 Å². The van der Waals surface area contributed by atoms with Gasteiger partial charge in [-0.2, -0.15) is 0 Å². The van der Waals surface area contributed by atoms with Crippen LogP contribution < -0.4 is 4.74 Å². The van der Waals surface area contributed by atoms with E-state index < -0.39 is 0 Å². The molecule has 0 atom stereocenters. The molecule has 2 aromatic rings. The maximum atomic E-state index is 12.4. The summed E-state index contributed by atoms with van der Waals surface area (Å²) in [5.41, 5.74) is 1.65. The van der Waals surface area contributed by atoms with Gasteiger partial charge < -0.3 is 14.7 Å². The van der Waals surface area contributed by atoms with Crippen LogP contribution in [-0.4, -0.2) is 47.2 Å². The standard InChI is InChI=1S/C17H20N2O3S/c1-22-14-4-2-12(3-5-14)10-16-18-15(11-23-16)17(21)19-8-6-13(20)7-9-19/h2-5,11,13,20H,6-10H2,1H3. The van der Waals surface area contributed by atoms with Crippen molar-refractivity contribution in [1.29, 1.82) is 0 Å². The number of thiazole rings is 1. The van der Waals surface area contributed by atoms with Gasteiger partial charge >= 0.3 is 0 Å². The van der Waals surface area contributed by atoms with Gasteiger partial charge in [0.25, 0.3) is 5.91 Å². The summed E-state index contributed by atoms with van der Waals surface area (Å²) in [6.07, 6.45) is 1.73. The van der Waals surface area contributed by atoms with Crippen molar-refractivity contribution in [1.82, 2.24) is 9.88 Å². The van der Waals surface area contributed by atoms with Crippen LogP contribution in [-0.2, 0) is 6.42 Å². The summed E-state index contributed by atoms with van der Waals surface area (Å²) in [4.78, 5) is 18.7. The van der Waals surface area contributed by atoms with Crippen LogP contribution in [0.25, 0.3) is 0 Å². The Morgan fingerprint density at radius 2 is 2.04 bits per heavy atom. The lowest BCUT2D eigenvalue weighted by atomic mass is 10.1. The molecular weight excluding hydrogens is 312 g/mol. The van der Waals surface area contributed by atoms with Crippen LogP contribution >= 0.6 is 11.3 Å². The lowest BCUT2D eigenvalue weighted by Crippen LogP contribution is -2.40. The number of benzene rings is 1. The van der Waals surface area contributed by atoms with Gasteiger partial charge in [0.15, 0.2) is 0 Å². The molecule has 1 aliphatic heterocycles. The number of rotatable bonds is 4. The second kappa shape index (κ2) is 7.10. The number of aromatic nitrogens is 1. The number of nitrogens with zero attached hydrogens (tertiary/aromatic N) is 2. The Hall–Kier alpha value is -1.92. The van der Waals surface area contributed by atoms with E-state index in [1.165, 1.54) is 11.3 Å². The molecular formula is C17H20N2O3S. The van der Waals surface area contributed by atoms with Crippen molar-refractivity contribution < 1.29 is 14.6 Å². The van der Waals surface area contributed by atoms with E-state index in [-0.39, 0.29) is 12.0 Å². The smallest absolute Gasteiger partial charge is 0.273 e. The molecule has 5 nitrogen and oxygen atoms in total. The van der Waals surface area contributed by atoms with Crippen LogP contribution in [0.3, 0.4) is 0 Å². The van der Waals surface area contributed by atoms with Gasteiger partial charge in [-0.15, -0.1) is 11.3 Å². The quantitative estimate of drug-likeness (QED) is 0.933. The highest BCUT2D eigenvalue weighted by Crippen LogP contribution is 2.19. The molecule has 2 heterocycles. The Labute approximate surface area is 139 Å². The zero-order valence-corrected chi connectivity index (χ0v) is 13.9. The molecule has 1 aliphatic rings. The van der Waals surface area contributed by atoms with Crippen molar-refractivity contribution in [3.63, 3.8) is 0 Å². The van der Waals surface area contributed by atoms with E-state index in [2.05, 4.69) is 4.98 Å². The first-order valence-electron chi connectivity index (χ1n) is 7.70. The first-order chi connectivity index (χ1) is 11.2. The van der Waals surface area contributed by atoms with Gasteiger partial charge in [-0.3, -0.25) is 4.79 Å². The summed E-state index contributed by atoms with van der Waals surface area (Å²) in [7, 11) is 1.65. The maximum Gasteiger partial charge on any atom is 0.273 e. The molecule has 6 heteroatoms. The zero-order chi connectivity index (χ0) is 16.2. The second-order valence-electron chi connectivity index (χ2n) is 5.67. The summed E-state index contributed by atoms with van der Waals surface area (Å²) < 4.78 is 5.15. The number of carbonyl (C=O) groups excluding carboxylic acids is 1. The van der Waals surface area contributed by atoms with Crippen molar-refractivity contribution in [2.45, 2.75) is 25.4 Å². The summed E-state index contributed by atoms with van der Waals surface area (Å²) in [6, 6.07) is 7.86. The lowest BCUT2D eigenvalue weighted by molar-refractivity contribution is 0.0542. The molecule has 1 saturated heterocycles. The number of carbonyl (C=O) groups is 1. The van der Waals surface area contributed by atoms with Gasteiger partial charge in [0.05, 0.1) is 18.2 Å². The Kier molecular flexibility index (Phi) is 4.93. The maximum absolute atomic E-state index is 12.4. The third-order valence-corrected chi connectivity index (χ3v) is 4.89. The first-order valence-corrected chi connectivity index (χ1v) is 8.58.